The van der Waals surface area contributed by atoms with Crippen LogP contribution in [0.15, 0.2) is 18.2 Å². The molecule has 0 atom stereocenters. The van der Waals surface area contributed by atoms with Crippen molar-refractivity contribution in [2.24, 2.45) is 0 Å². The Labute approximate surface area is 122 Å². The summed E-state index contributed by atoms with van der Waals surface area (Å²) in [5.41, 5.74) is 1.19. The van der Waals surface area contributed by atoms with Gasteiger partial charge in [0, 0.05) is 30.2 Å². The van der Waals surface area contributed by atoms with E-state index in [4.69, 9.17) is 9.47 Å². The highest BCUT2D eigenvalue weighted by atomic mass is 16.5. The molecule has 1 aliphatic heterocycles. The van der Waals surface area contributed by atoms with Gasteiger partial charge < -0.3 is 19.7 Å². The maximum Gasteiger partial charge on any atom is 0.142 e. The van der Waals surface area contributed by atoms with Crippen LogP contribution in [-0.2, 0) is 0 Å². The molecular weight excluding hydrogens is 252 g/mol. The Kier molecular flexibility index (Phi) is 3.87. The average molecular weight is 278 g/mol. The number of benzene rings is 1. The first kappa shape index (κ1) is 15.0. The summed E-state index contributed by atoms with van der Waals surface area (Å²) < 4.78 is 10.9. The van der Waals surface area contributed by atoms with Crippen molar-refractivity contribution in [2.75, 3.05) is 32.2 Å². The fourth-order valence-corrected chi connectivity index (χ4v) is 3.22. The minimum absolute atomic E-state index is 0.0514. The maximum absolute atomic E-state index is 5.52. The van der Waals surface area contributed by atoms with Crippen LogP contribution in [0, 0.1) is 0 Å². The van der Waals surface area contributed by atoms with Gasteiger partial charge in [-0.05, 0) is 39.8 Å². The zero-order valence-electron chi connectivity index (χ0n) is 13.4. The molecule has 1 N–H and O–H groups in total. The van der Waals surface area contributed by atoms with Crippen molar-refractivity contribution >= 4 is 5.69 Å². The van der Waals surface area contributed by atoms with Crippen LogP contribution in [0.1, 0.15) is 27.7 Å². The van der Waals surface area contributed by atoms with Gasteiger partial charge in [0.25, 0.3) is 0 Å². The number of rotatable bonds is 3. The Morgan fingerprint density at radius 2 is 1.60 bits per heavy atom. The summed E-state index contributed by atoms with van der Waals surface area (Å²) in [6, 6.07) is 5.95. The molecule has 20 heavy (non-hydrogen) atoms. The molecule has 1 aromatic rings. The SMILES string of the molecule is COc1ccc(OC)c(N2CC(C)(C)NC(C)(C)C2)c1. The van der Waals surface area contributed by atoms with E-state index in [2.05, 4.69) is 44.0 Å². The van der Waals surface area contributed by atoms with Crippen molar-refractivity contribution in [3.05, 3.63) is 18.2 Å². The third kappa shape index (κ3) is 3.18. The van der Waals surface area contributed by atoms with Crippen LogP contribution >= 0.6 is 0 Å². The predicted octanol–water partition coefficient (Wildman–Crippen LogP) is 2.67. The van der Waals surface area contributed by atoms with Gasteiger partial charge in [-0.15, -0.1) is 0 Å². The summed E-state index contributed by atoms with van der Waals surface area (Å²) in [5.74, 6) is 1.74. The van der Waals surface area contributed by atoms with Crippen LogP contribution in [-0.4, -0.2) is 38.4 Å². The van der Waals surface area contributed by atoms with E-state index in [0.29, 0.717) is 0 Å². The Bertz CT molecular complexity index is 467. The number of ether oxygens (including phenoxy) is 2. The number of methoxy groups -OCH3 is 2. The first-order valence-corrected chi connectivity index (χ1v) is 7.03. The molecule has 1 heterocycles. The van der Waals surface area contributed by atoms with Crippen molar-refractivity contribution in [1.29, 1.82) is 0 Å². The van der Waals surface area contributed by atoms with E-state index in [1.165, 1.54) is 0 Å². The monoisotopic (exact) mass is 278 g/mol. The summed E-state index contributed by atoms with van der Waals surface area (Å²) in [4.78, 5) is 2.37. The Balaban J connectivity index is 2.39. The molecule has 4 nitrogen and oxygen atoms in total. The third-order valence-electron chi connectivity index (χ3n) is 3.58. The number of nitrogens with one attached hydrogen (secondary N) is 1. The second-order valence-electron chi connectivity index (χ2n) is 6.79. The van der Waals surface area contributed by atoms with E-state index in [0.717, 1.165) is 30.3 Å². The lowest BCUT2D eigenvalue weighted by atomic mass is 9.91. The summed E-state index contributed by atoms with van der Waals surface area (Å²) >= 11 is 0. The van der Waals surface area contributed by atoms with E-state index in [-0.39, 0.29) is 11.1 Å². The number of nitrogens with zero attached hydrogens (tertiary/aromatic N) is 1. The quantitative estimate of drug-likeness (QED) is 0.921. The van der Waals surface area contributed by atoms with Gasteiger partial charge in [-0.3, -0.25) is 0 Å². The lowest BCUT2D eigenvalue weighted by Gasteiger charge is -2.49. The molecule has 0 amide bonds. The summed E-state index contributed by atoms with van der Waals surface area (Å²) in [6.07, 6.45) is 0. The summed E-state index contributed by atoms with van der Waals surface area (Å²) in [7, 11) is 3.40. The van der Waals surface area contributed by atoms with Gasteiger partial charge in [0.15, 0.2) is 0 Å². The highest BCUT2D eigenvalue weighted by Crippen LogP contribution is 2.35. The second kappa shape index (κ2) is 5.17. The minimum Gasteiger partial charge on any atom is -0.497 e. The standard InChI is InChI=1S/C16H26N2O2/c1-15(2)10-18(11-16(3,4)17-15)13-9-12(19-5)7-8-14(13)20-6/h7-9,17H,10-11H2,1-6H3. The highest BCUT2D eigenvalue weighted by molar-refractivity contribution is 5.62. The predicted molar refractivity (Wildman–Crippen MR) is 83.1 cm³/mol. The van der Waals surface area contributed by atoms with Gasteiger partial charge >= 0.3 is 0 Å². The third-order valence-corrected chi connectivity index (χ3v) is 3.58. The fourth-order valence-electron chi connectivity index (χ4n) is 3.22. The fraction of sp³-hybridized carbons (Fsp3) is 0.625. The van der Waals surface area contributed by atoms with E-state index < -0.39 is 0 Å². The number of hydrogen-bond acceptors (Lipinski definition) is 4. The van der Waals surface area contributed by atoms with E-state index in [1.807, 2.05) is 12.1 Å². The van der Waals surface area contributed by atoms with Gasteiger partial charge in [0.1, 0.15) is 11.5 Å². The maximum atomic E-state index is 5.52. The molecule has 1 saturated heterocycles. The second-order valence-corrected chi connectivity index (χ2v) is 6.79. The van der Waals surface area contributed by atoms with Gasteiger partial charge in [-0.25, -0.2) is 0 Å². The zero-order valence-corrected chi connectivity index (χ0v) is 13.4. The molecule has 0 aromatic heterocycles. The van der Waals surface area contributed by atoms with Crippen molar-refractivity contribution in [2.45, 2.75) is 38.8 Å². The topological polar surface area (TPSA) is 33.7 Å². The van der Waals surface area contributed by atoms with Gasteiger partial charge in [0.05, 0.1) is 19.9 Å². The number of hydrogen-bond donors (Lipinski definition) is 1. The molecule has 112 valence electrons. The van der Waals surface area contributed by atoms with Gasteiger partial charge in [0.2, 0.25) is 0 Å². The average Bonchev–Trinajstić information content (AvgIpc) is 2.34. The summed E-state index contributed by atoms with van der Waals surface area (Å²) in [6.45, 7) is 10.8. The molecule has 1 fully saturated rings. The first-order chi connectivity index (χ1) is 9.26. The van der Waals surface area contributed by atoms with Crippen molar-refractivity contribution in [3.63, 3.8) is 0 Å². The van der Waals surface area contributed by atoms with E-state index in [1.54, 1.807) is 14.2 Å². The molecule has 0 radical (unpaired) electrons. The summed E-state index contributed by atoms with van der Waals surface area (Å²) in [5, 5.41) is 3.68. The van der Waals surface area contributed by atoms with Crippen molar-refractivity contribution in [1.82, 2.24) is 5.32 Å². The van der Waals surface area contributed by atoms with E-state index >= 15 is 0 Å². The minimum atomic E-state index is 0.0514. The Hall–Kier alpha value is -1.42. The molecule has 2 rings (SSSR count). The Morgan fingerprint density at radius 3 is 2.10 bits per heavy atom. The number of anilines is 1. The molecule has 1 aliphatic rings. The van der Waals surface area contributed by atoms with Gasteiger partial charge in [-0.1, -0.05) is 0 Å². The zero-order chi connectivity index (χ0) is 15.0. The molecular formula is C16H26N2O2. The molecule has 1 aromatic carbocycles. The molecule has 0 bridgehead atoms. The van der Waals surface area contributed by atoms with Crippen LogP contribution in [0.5, 0.6) is 11.5 Å². The highest BCUT2D eigenvalue weighted by Gasteiger charge is 2.37. The lowest BCUT2D eigenvalue weighted by Crippen LogP contribution is -2.67. The van der Waals surface area contributed by atoms with Crippen LogP contribution < -0.4 is 19.7 Å². The smallest absolute Gasteiger partial charge is 0.142 e. The van der Waals surface area contributed by atoms with Crippen LogP contribution in [0.25, 0.3) is 0 Å². The van der Waals surface area contributed by atoms with Crippen LogP contribution in [0.3, 0.4) is 0 Å². The van der Waals surface area contributed by atoms with Crippen molar-refractivity contribution in [3.8, 4) is 11.5 Å². The normalized spacial score (nSPS) is 20.6. The lowest BCUT2D eigenvalue weighted by molar-refractivity contribution is 0.225. The molecule has 4 heteroatoms. The first-order valence-electron chi connectivity index (χ1n) is 7.03. The van der Waals surface area contributed by atoms with Gasteiger partial charge in [-0.2, -0.15) is 0 Å². The molecule has 0 unspecified atom stereocenters. The number of piperazine rings is 1. The molecule has 0 aliphatic carbocycles. The van der Waals surface area contributed by atoms with Crippen LogP contribution in [0.4, 0.5) is 5.69 Å². The van der Waals surface area contributed by atoms with Crippen LogP contribution in [0.2, 0.25) is 0 Å². The Morgan fingerprint density at radius 1 is 1.00 bits per heavy atom. The molecule has 0 saturated carbocycles. The van der Waals surface area contributed by atoms with E-state index in [9.17, 15) is 0 Å². The molecule has 0 spiro atoms. The largest absolute Gasteiger partial charge is 0.497 e. The van der Waals surface area contributed by atoms with Crippen molar-refractivity contribution < 1.29 is 9.47 Å².